The lowest BCUT2D eigenvalue weighted by Gasteiger charge is -2.18. The van der Waals surface area contributed by atoms with Gasteiger partial charge >= 0.3 is 0 Å². The fourth-order valence-corrected chi connectivity index (χ4v) is 3.79. The van der Waals surface area contributed by atoms with Crippen molar-refractivity contribution in [3.8, 4) is 0 Å². The van der Waals surface area contributed by atoms with Crippen LogP contribution >= 0.6 is 15.9 Å². The van der Waals surface area contributed by atoms with Gasteiger partial charge in [-0.25, -0.2) is 17.5 Å². The Morgan fingerprint density at radius 2 is 2.15 bits per heavy atom. The van der Waals surface area contributed by atoms with Crippen molar-refractivity contribution in [2.45, 2.75) is 30.7 Å². The third-order valence-electron chi connectivity index (χ3n) is 2.63. The van der Waals surface area contributed by atoms with Crippen LogP contribution in [0.15, 0.2) is 21.5 Å². The highest BCUT2D eigenvalue weighted by Gasteiger charge is 2.24. The molecule has 0 saturated carbocycles. The molecule has 0 aliphatic rings. The number of benzene rings is 1. The van der Waals surface area contributed by atoms with Gasteiger partial charge in [-0.2, -0.15) is 0 Å². The van der Waals surface area contributed by atoms with E-state index in [-0.39, 0.29) is 16.8 Å². The van der Waals surface area contributed by atoms with Gasteiger partial charge in [0, 0.05) is 18.8 Å². The summed E-state index contributed by atoms with van der Waals surface area (Å²) in [5, 5.41) is 0. The Balaban J connectivity index is 3.10. The monoisotopic (exact) mass is 368 g/mol. The molecule has 3 N–H and O–H groups in total. The van der Waals surface area contributed by atoms with Gasteiger partial charge < -0.3 is 10.5 Å². The molecular weight excluding hydrogens is 351 g/mol. The van der Waals surface area contributed by atoms with Gasteiger partial charge in [-0.1, -0.05) is 13.3 Å². The first-order valence-corrected chi connectivity index (χ1v) is 8.35. The molecule has 0 fully saturated rings. The molecule has 1 aromatic rings. The van der Waals surface area contributed by atoms with E-state index in [2.05, 4.69) is 20.7 Å². The molecule has 114 valence electrons. The minimum Gasteiger partial charge on any atom is -0.399 e. The van der Waals surface area contributed by atoms with Crippen molar-refractivity contribution in [2.75, 3.05) is 19.5 Å². The summed E-state index contributed by atoms with van der Waals surface area (Å²) >= 11 is 2.95. The van der Waals surface area contributed by atoms with Crippen molar-refractivity contribution < 1.29 is 17.5 Å². The van der Waals surface area contributed by atoms with E-state index in [0.717, 1.165) is 12.5 Å². The number of nitrogens with one attached hydrogen (secondary N) is 1. The van der Waals surface area contributed by atoms with Gasteiger partial charge in [0.05, 0.1) is 11.1 Å². The van der Waals surface area contributed by atoms with Crippen LogP contribution in [0.4, 0.5) is 10.1 Å². The second-order valence-corrected chi connectivity index (χ2v) is 6.91. The highest BCUT2D eigenvalue weighted by atomic mass is 79.9. The number of hydrogen-bond acceptors (Lipinski definition) is 4. The molecule has 20 heavy (non-hydrogen) atoms. The lowest BCUT2D eigenvalue weighted by atomic mass is 10.2. The number of anilines is 1. The van der Waals surface area contributed by atoms with E-state index in [4.69, 9.17) is 10.5 Å². The average molecular weight is 369 g/mol. The number of hydrogen-bond donors (Lipinski definition) is 2. The highest BCUT2D eigenvalue weighted by Crippen LogP contribution is 2.26. The fourth-order valence-electron chi connectivity index (χ4n) is 1.79. The molecule has 0 radical (unpaired) electrons. The van der Waals surface area contributed by atoms with E-state index >= 15 is 0 Å². The Morgan fingerprint density at radius 1 is 1.50 bits per heavy atom. The first-order valence-electron chi connectivity index (χ1n) is 6.07. The van der Waals surface area contributed by atoms with Crippen molar-refractivity contribution in [3.63, 3.8) is 0 Å². The van der Waals surface area contributed by atoms with Crippen LogP contribution in [0.5, 0.6) is 0 Å². The maximum Gasteiger partial charge on any atom is 0.243 e. The molecule has 8 heteroatoms. The van der Waals surface area contributed by atoms with Crippen molar-refractivity contribution in [1.29, 1.82) is 0 Å². The fraction of sp³-hybridized carbons (Fsp3) is 0.500. The molecule has 1 aromatic carbocycles. The van der Waals surface area contributed by atoms with Crippen LogP contribution in [-0.4, -0.2) is 28.2 Å². The molecule has 0 aliphatic carbocycles. The van der Waals surface area contributed by atoms with E-state index in [1.54, 1.807) is 0 Å². The predicted molar refractivity (Wildman–Crippen MR) is 79.4 cm³/mol. The molecule has 1 unspecified atom stereocenters. The average Bonchev–Trinajstić information content (AvgIpc) is 2.33. The lowest BCUT2D eigenvalue weighted by molar-refractivity contribution is 0.171. The van der Waals surface area contributed by atoms with Gasteiger partial charge in [0.15, 0.2) is 5.82 Å². The number of ether oxygens (including phenoxy) is 1. The molecule has 5 nitrogen and oxygen atoms in total. The number of sulfonamides is 1. The Hall–Kier alpha value is -0.700. The zero-order valence-corrected chi connectivity index (χ0v) is 13.7. The maximum atomic E-state index is 13.9. The Kier molecular flexibility index (Phi) is 6.38. The third-order valence-corrected chi connectivity index (χ3v) is 4.73. The summed E-state index contributed by atoms with van der Waals surface area (Å²) in [6.45, 7) is 2.15. The minimum atomic E-state index is -3.99. The number of rotatable bonds is 7. The summed E-state index contributed by atoms with van der Waals surface area (Å²) in [5.41, 5.74) is 5.72. The molecule has 0 bridgehead atoms. The van der Waals surface area contributed by atoms with Crippen LogP contribution in [-0.2, 0) is 14.8 Å². The first-order chi connectivity index (χ1) is 9.31. The highest BCUT2D eigenvalue weighted by molar-refractivity contribution is 9.10. The third kappa shape index (κ3) is 4.41. The van der Waals surface area contributed by atoms with Crippen molar-refractivity contribution in [1.82, 2.24) is 4.72 Å². The molecule has 0 amide bonds. The quantitative estimate of drug-likeness (QED) is 0.723. The smallest absolute Gasteiger partial charge is 0.243 e. The van der Waals surface area contributed by atoms with Crippen LogP contribution in [0.3, 0.4) is 0 Å². The largest absolute Gasteiger partial charge is 0.399 e. The molecule has 0 aliphatic heterocycles. The minimum absolute atomic E-state index is 0.0108. The van der Waals surface area contributed by atoms with Gasteiger partial charge in [-0.15, -0.1) is 0 Å². The first kappa shape index (κ1) is 17.4. The van der Waals surface area contributed by atoms with E-state index in [1.165, 1.54) is 13.2 Å². The Bertz CT molecular complexity index is 560. The summed E-state index contributed by atoms with van der Waals surface area (Å²) in [7, 11) is -2.51. The second-order valence-electron chi connectivity index (χ2n) is 4.38. The molecular formula is C12H18BrFN2O3S. The van der Waals surface area contributed by atoms with E-state index in [0.29, 0.717) is 6.42 Å². The summed E-state index contributed by atoms with van der Waals surface area (Å²) in [6, 6.07) is 2.00. The van der Waals surface area contributed by atoms with Crippen LogP contribution in [0.1, 0.15) is 19.8 Å². The normalized spacial score (nSPS) is 13.4. The van der Waals surface area contributed by atoms with Crippen LogP contribution < -0.4 is 10.5 Å². The molecule has 1 atom stereocenters. The number of nitrogens with two attached hydrogens (primary N) is 1. The van der Waals surface area contributed by atoms with E-state index in [9.17, 15) is 12.8 Å². The zero-order chi connectivity index (χ0) is 15.3. The van der Waals surface area contributed by atoms with Gasteiger partial charge in [-0.05, 0) is 34.5 Å². The lowest BCUT2D eigenvalue weighted by Crippen LogP contribution is -2.38. The summed E-state index contributed by atoms with van der Waals surface area (Å²) < 4.78 is 45.8. The van der Waals surface area contributed by atoms with Crippen LogP contribution in [0.25, 0.3) is 0 Å². The number of halogens is 2. The maximum absolute atomic E-state index is 13.9. The summed E-state index contributed by atoms with van der Waals surface area (Å²) in [4.78, 5) is -0.471. The standard InChI is InChI=1S/C12H18BrFN2O3S/c1-3-4-9(7-19-2)16-20(17,18)11-6-8(15)5-10(13)12(11)14/h5-6,9,16H,3-4,7,15H2,1-2H3. The number of methoxy groups -OCH3 is 1. The SMILES string of the molecule is CCCC(COC)NS(=O)(=O)c1cc(N)cc(Br)c1F. The van der Waals surface area contributed by atoms with Gasteiger partial charge in [0.2, 0.25) is 10.0 Å². The predicted octanol–water partition coefficient (Wildman–Crippen LogP) is 2.26. The Labute approximate surface area is 126 Å². The molecule has 1 rings (SSSR count). The number of nitrogen functional groups attached to an aromatic ring is 1. The van der Waals surface area contributed by atoms with Gasteiger partial charge in [0.1, 0.15) is 4.90 Å². The Morgan fingerprint density at radius 3 is 2.70 bits per heavy atom. The molecule has 0 spiro atoms. The van der Waals surface area contributed by atoms with Crippen molar-refractivity contribution >= 4 is 31.6 Å². The van der Waals surface area contributed by atoms with Gasteiger partial charge in [0.25, 0.3) is 0 Å². The van der Waals surface area contributed by atoms with Crippen LogP contribution in [0.2, 0.25) is 0 Å². The van der Waals surface area contributed by atoms with E-state index in [1.807, 2.05) is 6.92 Å². The zero-order valence-electron chi connectivity index (χ0n) is 11.3. The van der Waals surface area contributed by atoms with E-state index < -0.39 is 26.8 Å². The summed E-state index contributed by atoms with van der Waals surface area (Å²) in [5.74, 6) is -0.862. The van der Waals surface area contributed by atoms with Crippen molar-refractivity contribution in [2.24, 2.45) is 0 Å². The van der Waals surface area contributed by atoms with Gasteiger partial charge in [-0.3, -0.25) is 0 Å². The molecule has 0 saturated heterocycles. The summed E-state index contributed by atoms with van der Waals surface area (Å²) in [6.07, 6.45) is 1.37. The van der Waals surface area contributed by atoms with Crippen LogP contribution in [0, 0.1) is 5.82 Å². The van der Waals surface area contributed by atoms with Crippen molar-refractivity contribution in [3.05, 3.63) is 22.4 Å². The molecule has 0 aromatic heterocycles. The molecule has 0 heterocycles. The second kappa shape index (κ2) is 7.35. The topological polar surface area (TPSA) is 81.4 Å².